The largest absolute Gasteiger partial charge is 0.122 e. The molecule has 0 saturated carbocycles. The van der Waals surface area contributed by atoms with Gasteiger partial charge in [-0.25, -0.2) is 0 Å². The van der Waals surface area contributed by atoms with Crippen LogP contribution in [0, 0.1) is 6.92 Å². The zero-order chi connectivity index (χ0) is 4.99. The molecular weight excluding hydrogens is 163 g/mol. The van der Waals surface area contributed by atoms with E-state index in [9.17, 15) is 0 Å². The van der Waals surface area contributed by atoms with Crippen molar-refractivity contribution in [2.45, 2.75) is 11.8 Å². The quantitative estimate of drug-likeness (QED) is 0.558. The summed E-state index contributed by atoms with van der Waals surface area (Å²) in [5, 5.41) is 1.06. The highest BCUT2D eigenvalue weighted by Crippen LogP contribution is 2.02. The minimum absolute atomic E-state index is 0.213. The first-order valence-electron chi connectivity index (χ1n) is 1.80. The van der Waals surface area contributed by atoms with Crippen molar-refractivity contribution >= 4 is 27.5 Å². The smallest absolute Gasteiger partial charge is 0.0432 e. The predicted octanol–water partition coefficient (Wildman–Crippen LogP) is 2.21. The van der Waals surface area contributed by atoms with Gasteiger partial charge >= 0.3 is 0 Å². The van der Waals surface area contributed by atoms with Crippen LogP contribution in [0.15, 0.2) is 0 Å². The second kappa shape index (κ2) is 3.94. The minimum Gasteiger partial charge on any atom is -0.122 e. The van der Waals surface area contributed by atoms with Crippen molar-refractivity contribution in [2.24, 2.45) is 0 Å². The predicted molar refractivity (Wildman–Crippen MR) is 33.4 cm³/mol. The monoisotopic (exact) mass is 169 g/mol. The lowest BCUT2D eigenvalue weighted by Gasteiger charge is -1.94. The molecule has 0 rings (SSSR count). The maximum atomic E-state index is 5.54. The molecule has 0 aliphatic heterocycles. The molecule has 0 fully saturated rings. The first-order valence-corrected chi connectivity index (χ1v) is 3.36. The van der Waals surface area contributed by atoms with Crippen molar-refractivity contribution in [3.8, 4) is 0 Å². The van der Waals surface area contributed by atoms with Crippen molar-refractivity contribution < 1.29 is 0 Å². The second-order valence-electron chi connectivity index (χ2n) is 1.04. The lowest BCUT2D eigenvalue weighted by atomic mass is 10.4. The van der Waals surface area contributed by atoms with Crippen LogP contribution in [0.1, 0.15) is 6.42 Å². The fourth-order valence-corrected chi connectivity index (χ4v) is 0.401. The van der Waals surface area contributed by atoms with E-state index >= 15 is 0 Å². The number of halogens is 2. The van der Waals surface area contributed by atoms with Crippen LogP contribution in [0.3, 0.4) is 0 Å². The fourth-order valence-electron chi connectivity index (χ4n) is 0.0772. The van der Waals surface area contributed by atoms with Crippen LogP contribution < -0.4 is 0 Å². The summed E-state index contributed by atoms with van der Waals surface area (Å²) in [6.07, 6.45) is 0.798. The van der Waals surface area contributed by atoms with Crippen LogP contribution >= 0.6 is 27.5 Å². The van der Waals surface area contributed by atoms with E-state index in [1.54, 1.807) is 0 Å². The van der Waals surface area contributed by atoms with E-state index in [0.29, 0.717) is 0 Å². The highest BCUT2D eigenvalue weighted by atomic mass is 79.9. The molecule has 0 aliphatic rings. The topological polar surface area (TPSA) is 0 Å². The Morgan fingerprint density at radius 2 is 2.33 bits per heavy atom. The molecule has 1 atom stereocenters. The first kappa shape index (κ1) is 6.77. The van der Waals surface area contributed by atoms with Crippen LogP contribution in [0.25, 0.3) is 0 Å². The molecule has 1 unspecified atom stereocenters. The van der Waals surface area contributed by atoms with Gasteiger partial charge < -0.3 is 0 Å². The lowest BCUT2D eigenvalue weighted by Crippen LogP contribution is -1.94. The van der Waals surface area contributed by atoms with Gasteiger partial charge in [0.15, 0.2) is 0 Å². The molecule has 37 valence electrons. The summed E-state index contributed by atoms with van der Waals surface area (Å²) in [5.74, 6) is 0. The van der Waals surface area contributed by atoms with E-state index in [4.69, 9.17) is 11.6 Å². The van der Waals surface area contributed by atoms with E-state index in [1.807, 2.05) is 0 Å². The van der Waals surface area contributed by atoms with Gasteiger partial charge in [-0.2, -0.15) is 0 Å². The zero-order valence-electron chi connectivity index (χ0n) is 3.45. The molecule has 0 aromatic heterocycles. The second-order valence-corrected chi connectivity index (χ2v) is 2.30. The summed E-state index contributed by atoms with van der Waals surface area (Å²) in [6, 6.07) is 0. The molecule has 2 heteroatoms. The molecule has 0 aromatic rings. The van der Waals surface area contributed by atoms with Crippen LogP contribution in [-0.2, 0) is 0 Å². The maximum absolute atomic E-state index is 5.54. The van der Waals surface area contributed by atoms with Gasteiger partial charge in [-0.3, -0.25) is 0 Å². The van der Waals surface area contributed by atoms with E-state index in [1.165, 1.54) is 0 Å². The lowest BCUT2D eigenvalue weighted by molar-refractivity contribution is 0.986. The standard InChI is InChI=1S/C4H7BrCl/c1-2-4(6)3-5/h4H,1-3H2. The third-order valence-corrected chi connectivity index (χ3v) is 2.01. The summed E-state index contributed by atoms with van der Waals surface area (Å²) in [7, 11) is 0. The summed E-state index contributed by atoms with van der Waals surface area (Å²) in [4.78, 5) is 0. The van der Waals surface area contributed by atoms with Crippen molar-refractivity contribution in [1.29, 1.82) is 0 Å². The SMILES string of the molecule is [CH2]CC(Cl)CBr. The Kier molecular flexibility index (Phi) is 4.45. The molecule has 0 spiro atoms. The minimum atomic E-state index is 0.213. The van der Waals surface area contributed by atoms with E-state index in [-0.39, 0.29) is 5.38 Å². The Balaban J connectivity index is 2.75. The number of rotatable bonds is 2. The van der Waals surface area contributed by atoms with Gasteiger partial charge in [0.25, 0.3) is 0 Å². The molecule has 0 aliphatic carbocycles. The molecule has 6 heavy (non-hydrogen) atoms. The highest BCUT2D eigenvalue weighted by molar-refractivity contribution is 9.09. The van der Waals surface area contributed by atoms with Crippen molar-refractivity contribution in [1.82, 2.24) is 0 Å². The van der Waals surface area contributed by atoms with Crippen molar-refractivity contribution in [3.05, 3.63) is 6.92 Å². The maximum Gasteiger partial charge on any atom is 0.0432 e. The molecule has 0 nitrogen and oxygen atoms in total. The van der Waals surface area contributed by atoms with Gasteiger partial charge in [0.1, 0.15) is 0 Å². The van der Waals surface area contributed by atoms with Gasteiger partial charge in [0, 0.05) is 10.7 Å². The van der Waals surface area contributed by atoms with Crippen molar-refractivity contribution in [2.75, 3.05) is 5.33 Å². The first-order chi connectivity index (χ1) is 2.81. The van der Waals surface area contributed by atoms with Crippen LogP contribution in [0.2, 0.25) is 0 Å². The van der Waals surface area contributed by atoms with E-state index in [0.717, 1.165) is 11.8 Å². The molecule has 1 radical (unpaired) electrons. The number of alkyl halides is 2. The molecule has 0 aromatic carbocycles. The summed E-state index contributed by atoms with van der Waals surface area (Å²) < 4.78 is 0. The van der Waals surface area contributed by atoms with Gasteiger partial charge in [-0.1, -0.05) is 22.9 Å². The van der Waals surface area contributed by atoms with Crippen LogP contribution in [-0.4, -0.2) is 10.7 Å². The van der Waals surface area contributed by atoms with Gasteiger partial charge in [0.05, 0.1) is 0 Å². The molecule has 0 bridgehead atoms. The van der Waals surface area contributed by atoms with Gasteiger partial charge in [-0.15, -0.1) is 11.6 Å². The zero-order valence-corrected chi connectivity index (χ0v) is 5.80. The molecule has 0 saturated heterocycles. The number of hydrogen-bond acceptors (Lipinski definition) is 0. The van der Waals surface area contributed by atoms with E-state index in [2.05, 4.69) is 22.9 Å². The van der Waals surface area contributed by atoms with Gasteiger partial charge in [0.2, 0.25) is 0 Å². The number of hydrogen-bond donors (Lipinski definition) is 0. The molecular formula is C4H7BrCl. The average molecular weight is 170 g/mol. The van der Waals surface area contributed by atoms with Gasteiger partial charge in [-0.05, 0) is 6.42 Å². The van der Waals surface area contributed by atoms with Crippen LogP contribution in [0.5, 0.6) is 0 Å². The van der Waals surface area contributed by atoms with Crippen LogP contribution in [0.4, 0.5) is 0 Å². The Bertz CT molecular complexity index is 26.7. The fraction of sp³-hybridized carbons (Fsp3) is 0.750. The highest BCUT2D eigenvalue weighted by Gasteiger charge is 1.93. The summed E-state index contributed by atoms with van der Waals surface area (Å²) >= 11 is 8.74. The third-order valence-electron chi connectivity index (χ3n) is 0.481. The molecule has 0 amide bonds. The summed E-state index contributed by atoms with van der Waals surface area (Å²) in [6.45, 7) is 3.59. The Morgan fingerprint density at radius 3 is 2.33 bits per heavy atom. The normalized spacial score (nSPS) is 14.5. The average Bonchev–Trinajstić information content (AvgIpc) is 1.65. The molecule has 0 N–H and O–H groups in total. The third kappa shape index (κ3) is 2.98. The van der Waals surface area contributed by atoms with E-state index < -0.39 is 0 Å². The Hall–Kier alpha value is 0.770. The Morgan fingerprint density at radius 1 is 1.83 bits per heavy atom. The summed E-state index contributed by atoms with van der Waals surface area (Å²) in [5.41, 5.74) is 0. The van der Waals surface area contributed by atoms with Crippen molar-refractivity contribution in [3.63, 3.8) is 0 Å². The molecule has 0 heterocycles. The Labute approximate surface area is 52.0 Å².